The minimum atomic E-state index is -0.804. The molecule has 0 spiro atoms. The number of benzene rings is 2. The number of carbonyl (C=O) groups is 1. The Hall–Kier alpha value is -2.57. The molecule has 2 heterocycles. The van der Waals surface area contributed by atoms with E-state index in [9.17, 15) is 4.79 Å². The molecule has 2 saturated heterocycles. The van der Waals surface area contributed by atoms with Crippen molar-refractivity contribution in [1.82, 2.24) is 5.32 Å². The Morgan fingerprint density at radius 3 is 2.39 bits per heavy atom. The Morgan fingerprint density at radius 1 is 1.06 bits per heavy atom. The summed E-state index contributed by atoms with van der Waals surface area (Å²) in [5.41, 5.74) is 1.47. The van der Waals surface area contributed by atoms with Crippen molar-refractivity contribution in [3.05, 3.63) is 60.2 Å². The van der Waals surface area contributed by atoms with Crippen LogP contribution in [0.1, 0.15) is 31.2 Å². The molecule has 0 saturated carbocycles. The molecule has 2 aliphatic rings. The lowest BCUT2D eigenvalue weighted by Gasteiger charge is -2.39. The third kappa shape index (κ3) is 5.38. The number of piperidine rings is 1. The van der Waals surface area contributed by atoms with Crippen molar-refractivity contribution < 1.29 is 19.0 Å². The van der Waals surface area contributed by atoms with Gasteiger partial charge in [-0.25, -0.2) is 0 Å². The molecule has 6 heteroatoms. The van der Waals surface area contributed by atoms with Gasteiger partial charge in [0.05, 0.1) is 13.7 Å². The van der Waals surface area contributed by atoms with Gasteiger partial charge in [-0.1, -0.05) is 30.3 Å². The predicted molar refractivity (Wildman–Crippen MR) is 120 cm³/mol. The SMILES string of the molecule is COc1ccc(N2CCC(NC(=O)C3(OCc4ccccc4)CCOCC3)CC2)cc1. The molecule has 0 bridgehead atoms. The van der Waals surface area contributed by atoms with Gasteiger partial charge >= 0.3 is 0 Å². The van der Waals surface area contributed by atoms with Crippen LogP contribution in [0.25, 0.3) is 0 Å². The first-order chi connectivity index (χ1) is 15.2. The summed E-state index contributed by atoms with van der Waals surface area (Å²) in [5.74, 6) is 0.873. The molecule has 4 rings (SSSR count). The van der Waals surface area contributed by atoms with Gasteiger partial charge in [0.2, 0.25) is 0 Å². The Balaban J connectivity index is 1.33. The fourth-order valence-corrected chi connectivity index (χ4v) is 4.33. The van der Waals surface area contributed by atoms with E-state index in [4.69, 9.17) is 14.2 Å². The number of carbonyl (C=O) groups excluding carboxylic acids is 1. The van der Waals surface area contributed by atoms with E-state index in [0.29, 0.717) is 32.7 Å². The van der Waals surface area contributed by atoms with Crippen LogP contribution >= 0.6 is 0 Å². The molecule has 2 aliphatic heterocycles. The number of anilines is 1. The Kier molecular flexibility index (Phi) is 7.10. The van der Waals surface area contributed by atoms with Crippen molar-refractivity contribution in [2.24, 2.45) is 0 Å². The fourth-order valence-electron chi connectivity index (χ4n) is 4.33. The average molecular weight is 425 g/mol. The van der Waals surface area contributed by atoms with E-state index < -0.39 is 5.60 Å². The molecule has 0 aliphatic carbocycles. The highest BCUT2D eigenvalue weighted by molar-refractivity contribution is 5.85. The molecule has 31 heavy (non-hydrogen) atoms. The largest absolute Gasteiger partial charge is 0.497 e. The third-order valence-electron chi connectivity index (χ3n) is 6.34. The van der Waals surface area contributed by atoms with E-state index in [1.807, 2.05) is 42.5 Å². The number of amides is 1. The van der Waals surface area contributed by atoms with Gasteiger partial charge in [-0.05, 0) is 42.7 Å². The number of hydrogen-bond donors (Lipinski definition) is 1. The first-order valence-electron chi connectivity index (χ1n) is 11.1. The van der Waals surface area contributed by atoms with Crippen LogP contribution in [0, 0.1) is 0 Å². The maximum Gasteiger partial charge on any atom is 0.252 e. The van der Waals surface area contributed by atoms with Gasteiger partial charge in [0.1, 0.15) is 5.75 Å². The van der Waals surface area contributed by atoms with E-state index in [2.05, 4.69) is 22.3 Å². The summed E-state index contributed by atoms with van der Waals surface area (Å²) in [5, 5.41) is 3.29. The highest BCUT2D eigenvalue weighted by Gasteiger charge is 2.42. The quantitative estimate of drug-likeness (QED) is 0.737. The molecule has 0 atom stereocenters. The molecular formula is C25H32N2O4. The van der Waals surface area contributed by atoms with Gasteiger partial charge in [0.15, 0.2) is 5.60 Å². The molecule has 0 unspecified atom stereocenters. The minimum Gasteiger partial charge on any atom is -0.497 e. The summed E-state index contributed by atoms with van der Waals surface area (Å²) in [6.07, 6.45) is 3.03. The van der Waals surface area contributed by atoms with Crippen LogP contribution in [0.15, 0.2) is 54.6 Å². The topological polar surface area (TPSA) is 60.0 Å². The standard InChI is InChI=1S/C25H32N2O4/c1-29-23-9-7-22(8-10-23)27-15-11-21(12-16-27)26-24(28)25(13-17-30-18-14-25)31-19-20-5-3-2-4-6-20/h2-10,21H,11-19H2,1H3,(H,26,28). The Labute approximate surface area is 184 Å². The van der Waals surface area contributed by atoms with Crippen molar-refractivity contribution in [3.63, 3.8) is 0 Å². The summed E-state index contributed by atoms with van der Waals surface area (Å²) < 4.78 is 17.0. The summed E-state index contributed by atoms with van der Waals surface area (Å²) in [6.45, 7) is 3.37. The summed E-state index contributed by atoms with van der Waals surface area (Å²) >= 11 is 0. The van der Waals surface area contributed by atoms with E-state index in [-0.39, 0.29) is 11.9 Å². The second-order valence-electron chi connectivity index (χ2n) is 8.31. The number of methoxy groups -OCH3 is 1. The van der Waals surface area contributed by atoms with Crippen molar-refractivity contribution in [1.29, 1.82) is 0 Å². The van der Waals surface area contributed by atoms with Gasteiger partial charge in [-0.15, -0.1) is 0 Å². The van der Waals surface area contributed by atoms with Crippen molar-refractivity contribution in [2.75, 3.05) is 38.3 Å². The average Bonchev–Trinajstić information content (AvgIpc) is 2.84. The molecular weight excluding hydrogens is 392 g/mol. The monoisotopic (exact) mass is 424 g/mol. The first kappa shape index (κ1) is 21.7. The maximum absolute atomic E-state index is 13.3. The van der Waals surface area contributed by atoms with E-state index in [0.717, 1.165) is 37.2 Å². The van der Waals surface area contributed by atoms with Crippen molar-refractivity contribution >= 4 is 11.6 Å². The molecule has 1 amide bonds. The zero-order valence-corrected chi connectivity index (χ0v) is 18.2. The van der Waals surface area contributed by atoms with E-state index in [1.165, 1.54) is 5.69 Å². The second-order valence-corrected chi connectivity index (χ2v) is 8.31. The van der Waals surface area contributed by atoms with Crippen molar-refractivity contribution in [3.8, 4) is 5.75 Å². The molecule has 6 nitrogen and oxygen atoms in total. The third-order valence-corrected chi connectivity index (χ3v) is 6.34. The number of hydrogen-bond acceptors (Lipinski definition) is 5. The van der Waals surface area contributed by atoms with Crippen LogP contribution in [0.5, 0.6) is 5.75 Å². The highest BCUT2D eigenvalue weighted by Crippen LogP contribution is 2.28. The minimum absolute atomic E-state index is 0.00892. The number of ether oxygens (including phenoxy) is 3. The highest BCUT2D eigenvalue weighted by atomic mass is 16.5. The van der Waals surface area contributed by atoms with Crippen LogP contribution in [-0.4, -0.2) is 51.0 Å². The lowest BCUT2D eigenvalue weighted by Crippen LogP contribution is -2.56. The summed E-state index contributed by atoms with van der Waals surface area (Å²) in [4.78, 5) is 15.7. The van der Waals surface area contributed by atoms with Gasteiger partial charge in [-0.2, -0.15) is 0 Å². The lowest BCUT2D eigenvalue weighted by atomic mass is 9.91. The maximum atomic E-state index is 13.3. The Bertz CT molecular complexity index is 826. The molecule has 166 valence electrons. The van der Waals surface area contributed by atoms with E-state index >= 15 is 0 Å². The van der Waals surface area contributed by atoms with E-state index in [1.54, 1.807) is 7.11 Å². The van der Waals surface area contributed by atoms with Crippen LogP contribution < -0.4 is 15.0 Å². The summed E-state index contributed by atoms with van der Waals surface area (Å²) in [6, 6.07) is 18.3. The van der Waals surface area contributed by atoms with Crippen LogP contribution in [0.2, 0.25) is 0 Å². The predicted octanol–water partition coefficient (Wildman–Crippen LogP) is 3.55. The Morgan fingerprint density at radius 2 is 1.74 bits per heavy atom. The van der Waals surface area contributed by atoms with Crippen LogP contribution in [0.3, 0.4) is 0 Å². The molecule has 2 aromatic carbocycles. The number of nitrogens with zero attached hydrogens (tertiary/aromatic N) is 1. The number of nitrogens with one attached hydrogen (secondary N) is 1. The first-order valence-corrected chi connectivity index (χ1v) is 11.1. The fraction of sp³-hybridized carbons (Fsp3) is 0.480. The molecule has 2 fully saturated rings. The zero-order chi connectivity index (χ0) is 21.5. The second kappa shape index (κ2) is 10.2. The van der Waals surface area contributed by atoms with Crippen molar-refractivity contribution in [2.45, 2.75) is 43.9 Å². The molecule has 1 N–H and O–H groups in total. The number of rotatable bonds is 7. The van der Waals surface area contributed by atoms with Crippen LogP contribution in [-0.2, 0) is 20.9 Å². The molecule has 0 aromatic heterocycles. The molecule has 2 aromatic rings. The zero-order valence-electron chi connectivity index (χ0n) is 18.2. The summed E-state index contributed by atoms with van der Waals surface area (Å²) in [7, 11) is 1.68. The molecule has 0 radical (unpaired) electrons. The van der Waals surface area contributed by atoms with Gasteiger partial charge in [-0.3, -0.25) is 4.79 Å². The normalized spacial score (nSPS) is 19.1. The van der Waals surface area contributed by atoms with Gasteiger partial charge in [0, 0.05) is 50.9 Å². The lowest BCUT2D eigenvalue weighted by molar-refractivity contribution is -0.164. The smallest absolute Gasteiger partial charge is 0.252 e. The van der Waals surface area contributed by atoms with Crippen LogP contribution in [0.4, 0.5) is 5.69 Å². The van der Waals surface area contributed by atoms with Gasteiger partial charge in [0.25, 0.3) is 5.91 Å². The van der Waals surface area contributed by atoms with Gasteiger partial charge < -0.3 is 24.4 Å².